The zero-order valence-electron chi connectivity index (χ0n) is 19.1. The number of amides is 2. The van der Waals surface area contributed by atoms with Gasteiger partial charge in [-0.1, -0.05) is 17.7 Å². The normalized spacial score (nSPS) is 20.6. The van der Waals surface area contributed by atoms with Crippen molar-refractivity contribution in [3.05, 3.63) is 53.2 Å². The van der Waals surface area contributed by atoms with Gasteiger partial charge in [0.25, 0.3) is 5.91 Å². The molecule has 0 bridgehead atoms. The quantitative estimate of drug-likeness (QED) is 0.589. The topological polar surface area (TPSA) is 90.4 Å². The van der Waals surface area contributed by atoms with E-state index < -0.39 is 5.60 Å². The van der Waals surface area contributed by atoms with Gasteiger partial charge in [-0.2, -0.15) is 0 Å². The molecular formula is C24H28ClN3O6. The van der Waals surface area contributed by atoms with E-state index in [4.69, 9.17) is 30.5 Å². The average molecular weight is 490 g/mol. The summed E-state index contributed by atoms with van der Waals surface area (Å²) in [5.41, 5.74) is -0.555. The van der Waals surface area contributed by atoms with Crippen molar-refractivity contribution in [2.24, 2.45) is 0 Å². The molecule has 0 saturated carbocycles. The maximum absolute atomic E-state index is 13.3. The summed E-state index contributed by atoms with van der Waals surface area (Å²) in [7, 11) is 1.50. The Morgan fingerprint density at radius 2 is 1.91 bits per heavy atom. The van der Waals surface area contributed by atoms with Crippen molar-refractivity contribution >= 4 is 23.4 Å². The van der Waals surface area contributed by atoms with Crippen LogP contribution in [-0.2, 0) is 14.3 Å². The molecule has 0 aliphatic carbocycles. The first-order valence-electron chi connectivity index (χ1n) is 11.2. The third-order valence-corrected chi connectivity index (χ3v) is 6.10. The van der Waals surface area contributed by atoms with E-state index in [1.165, 1.54) is 13.3 Å². The minimum atomic E-state index is -1.01. The lowest BCUT2D eigenvalue weighted by atomic mass is 9.96. The molecule has 9 nitrogen and oxygen atoms in total. The largest absolute Gasteiger partial charge is 0.490 e. The van der Waals surface area contributed by atoms with Crippen molar-refractivity contribution in [2.75, 3.05) is 59.7 Å². The number of morpholine rings is 2. The molecule has 10 heteroatoms. The number of carbonyl (C=O) groups excluding carboxylic acids is 2. The molecule has 34 heavy (non-hydrogen) atoms. The molecule has 2 fully saturated rings. The first kappa shape index (κ1) is 24.3. The van der Waals surface area contributed by atoms with Crippen LogP contribution >= 0.6 is 11.6 Å². The van der Waals surface area contributed by atoms with Crippen LogP contribution in [0.5, 0.6) is 11.6 Å². The lowest BCUT2D eigenvalue weighted by molar-refractivity contribution is -0.155. The highest BCUT2D eigenvalue weighted by Crippen LogP contribution is 2.27. The molecule has 2 amide bonds. The number of pyridine rings is 1. The van der Waals surface area contributed by atoms with Crippen molar-refractivity contribution in [1.29, 1.82) is 0 Å². The van der Waals surface area contributed by atoms with E-state index >= 15 is 0 Å². The summed E-state index contributed by atoms with van der Waals surface area (Å²) in [6.07, 6.45) is 1.61. The molecule has 4 rings (SSSR count). The van der Waals surface area contributed by atoms with Gasteiger partial charge >= 0.3 is 0 Å². The fourth-order valence-corrected chi connectivity index (χ4v) is 4.25. The summed E-state index contributed by atoms with van der Waals surface area (Å²) < 4.78 is 22.7. The maximum atomic E-state index is 13.3. The van der Waals surface area contributed by atoms with Crippen LogP contribution in [0.3, 0.4) is 0 Å². The average Bonchev–Trinajstić information content (AvgIpc) is 2.88. The Balaban J connectivity index is 1.54. The monoisotopic (exact) mass is 489 g/mol. The number of hydrogen-bond donors (Lipinski definition) is 0. The summed E-state index contributed by atoms with van der Waals surface area (Å²) in [5.74, 6) is 0.682. The van der Waals surface area contributed by atoms with Crippen LogP contribution in [0.1, 0.15) is 16.8 Å². The second-order valence-corrected chi connectivity index (χ2v) is 8.70. The Kier molecular flexibility index (Phi) is 7.87. The third-order valence-electron chi connectivity index (χ3n) is 5.86. The van der Waals surface area contributed by atoms with Crippen LogP contribution in [0.25, 0.3) is 0 Å². The molecule has 1 aromatic heterocycles. The summed E-state index contributed by atoms with van der Waals surface area (Å²) in [4.78, 5) is 34.0. The number of hydrogen-bond acceptors (Lipinski definition) is 7. The van der Waals surface area contributed by atoms with Crippen molar-refractivity contribution in [3.8, 4) is 11.6 Å². The standard InChI is InChI=1S/C24H28ClN3O6/c1-31-21-13-18(5-6-26-21)23(30)28-9-12-34-24(16-28,15-22(29)27-7-10-32-11-8-27)17-33-20-4-2-3-19(25)14-20/h2-6,13-14H,7-12,15-17H2,1H3/t24-/m1/s1. The fourth-order valence-electron chi connectivity index (χ4n) is 4.07. The van der Waals surface area contributed by atoms with Gasteiger partial charge in [-0.15, -0.1) is 0 Å². The molecular weight excluding hydrogens is 462 g/mol. The Hall–Kier alpha value is -2.88. The van der Waals surface area contributed by atoms with Crippen LogP contribution in [0.15, 0.2) is 42.6 Å². The van der Waals surface area contributed by atoms with Crippen LogP contribution in [0, 0.1) is 0 Å². The predicted molar refractivity (Wildman–Crippen MR) is 124 cm³/mol. The molecule has 182 valence electrons. The second kappa shape index (κ2) is 11.0. The number of ether oxygens (including phenoxy) is 4. The van der Waals surface area contributed by atoms with Crippen molar-refractivity contribution < 1.29 is 28.5 Å². The highest BCUT2D eigenvalue weighted by molar-refractivity contribution is 6.30. The number of carbonyl (C=O) groups is 2. The van der Waals surface area contributed by atoms with E-state index in [-0.39, 0.29) is 38.0 Å². The zero-order chi connectivity index (χ0) is 24.0. The van der Waals surface area contributed by atoms with Gasteiger partial charge in [0.05, 0.1) is 39.9 Å². The van der Waals surface area contributed by atoms with Crippen molar-refractivity contribution in [3.63, 3.8) is 0 Å². The van der Waals surface area contributed by atoms with Gasteiger partial charge in [0, 0.05) is 42.5 Å². The first-order chi connectivity index (χ1) is 16.5. The van der Waals surface area contributed by atoms with Crippen LogP contribution in [0.2, 0.25) is 5.02 Å². The molecule has 1 atom stereocenters. The third kappa shape index (κ3) is 5.97. The summed E-state index contributed by atoms with van der Waals surface area (Å²) >= 11 is 6.09. The summed E-state index contributed by atoms with van der Waals surface area (Å²) in [6.45, 7) is 3.05. The molecule has 2 aliphatic heterocycles. The lowest BCUT2D eigenvalue weighted by Crippen LogP contribution is -2.58. The fraction of sp³-hybridized carbons (Fsp3) is 0.458. The van der Waals surface area contributed by atoms with Gasteiger partial charge in [0.2, 0.25) is 11.8 Å². The molecule has 0 N–H and O–H groups in total. The van der Waals surface area contributed by atoms with Crippen molar-refractivity contribution in [2.45, 2.75) is 12.0 Å². The SMILES string of the molecule is COc1cc(C(=O)N2CCO[C@](COc3cccc(Cl)c3)(CC(=O)N3CCOCC3)C2)ccn1. The first-order valence-corrected chi connectivity index (χ1v) is 11.5. The molecule has 2 aromatic rings. The van der Waals surface area contributed by atoms with E-state index in [1.807, 2.05) is 0 Å². The Morgan fingerprint density at radius 3 is 2.68 bits per heavy atom. The van der Waals surface area contributed by atoms with E-state index in [1.54, 1.807) is 46.2 Å². The van der Waals surface area contributed by atoms with E-state index in [2.05, 4.69) is 4.98 Å². The number of methoxy groups -OCH3 is 1. The molecule has 3 heterocycles. The molecule has 0 radical (unpaired) electrons. The summed E-state index contributed by atoms with van der Waals surface area (Å²) in [6, 6.07) is 10.3. The molecule has 2 aliphatic rings. The van der Waals surface area contributed by atoms with Gasteiger partial charge in [0.1, 0.15) is 18.0 Å². The van der Waals surface area contributed by atoms with E-state index in [9.17, 15) is 9.59 Å². The van der Waals surface area contributed by atoms with Gasteiger partial charge < -0.3 is 28.7 Å². The zero-order valence-corrected chi connectivity index (χ0v) is 19.8. The van der Waals surface area contributed by atoms with Crippen LogP contribution < -0.4 is 9.47 Å². The smallest absolute Gasteiger partial charge is 0.254 e. The molecule has 0 unspecified atom stereocenters. The highest BCUT2D eigenvalue weighted by Gasteiger charge is 2.42. The van der Waals surface area contributed by atoms with Gasteiger partial charge in [-0.05, 0) is 24.3 Å². The van der Waals surface area contributed by atoms with Gasteiger partial charge in [-0.25, -0.2) is 4.98 Å². The number of benzene rings is 1. The molecule has 2 saturated heterocycles. The van der Waals surface area contributed by atoms with E-state index in [0.717, 1.165) is 0 Å². The minimum Gasteiger partial charge on any atom is -0.490 e. The number of nitrogens with zero attached hydrogens (tertiary/aromatic N) is 3. The second-order valence-electron chi connectivity index (χ2n) is 8.26. The molecule has 0 spiro atoms. The van der Waals surface area contributed by atoms with Gasteiger partial charge in [-0.3, -0.25) is 9.59 Å². The van der Waals surface area contributed by atoms with Crippen LogP contribution in [-0.4, -0.2) is 91.9 Å². The summed E-state index contributed by atoms with van der Waals surface area (Å²) in [5, 5.41) is 0.545. The van der Waals surface area contributed by atoms with Crippen LogP contribution in [0.4, 0.5) is 0 Å². The van der Waals surface area contributed by atoms with Crippen molar-refractivity contribution in [1.82, 2.24) is 14.8 Å². The number of aromatic nitrogens is 1. The van der Waals surface area contributed by atoms with E-state index in [0.29, 0.717) is 55.1 Å². The highest BCUT2D eigenvalue weighted by atomic mass is 35.5. The minimum absolute atomic E-state index is 0.0575. The maximum Gasteiger partial charge on any atom is 0.254 e. The van der Waals surface area contributed by atoms with Gasteiger partial charge in [0.15, 0.2) is 0 Å². The lowest BCUT2D eigenvalue weighted by Gasteiger charge is -2.43. The number of rotatable bonds is 7. The Labute approximate surface area is 203 Å². The molecule has 1 aromatic carbocycles. The Morgan fingerprint density at radius 1 is 1.12 bits per heavy atom. The number of halogens is 1. The Bertz CT molecular complexity index is 1020. The predicted octanol–water partition coefficient (Wildman–Crippen LogP) is 2.28.